The Labute approximate surface area is 126 Å². The first-order chi connectivity index (χ1) is 10.3. The average molecular weight is 314 g/mol. The second-order valence-electron chi connectivity index (χ2n) is 5.01. The Morgan fingerprint density at radius 2 is 1.77 bits per heavy atom. The number of ketones is 1. The molecule has 0 saturated carbocycles. The summed E-state index contributed by atoms with van der Waals surface area (Å²) in [6.45, 7) is 6.14. The molecule has 7 heteroatoms. The van der Waals surface area contributed by atoms with E-state index in [1.165, 1.54) is 12.1 Å². The van der Waals surface area contributed by atoms with Crippen LogP contribution < -0.4 is 4.90 Å². The van der Waals surface area contributed by atoms with Gasteiger partial charge in [-0.3, -0.25) is 9.59 Å². The molecular formula is C15H17F3N2O2. The average Bonchev–Trinajstić information content (AvgIpc) is 2.72. The van der Waals surface area contributed by atoms with Gasteiger partial charge in [-0.2, -0.15) is 13.2 Å². The van der Waals surface area contributed by atoms with Crippen LogP contribution in [0.5, 0.6) is 0 Å². The minimum atomic E-state index is -4.66. The van der Waals surface area contributed by atoms with Gasteiger partial charge in [0, 0.05) is 13.1 Å². The first-order valence-electron chi connectivity index (χ1n) is 7.10. The van der Waals surface area contributed by atoms with Crippen LogP contribution in [0.2, 0.25) is 0 Å². The van der Waals surface area contributed by atoms with Crippen LogP contribution in [-0.2, 0) is 11.0 Å². The molecule has 0 saturated heterocycles. The van der Waals surface area contributed by atoms with Crippen LogP contribution in [0.3, 0.4) is 0 Å². The van der Waals surface area contributed by atoms with E-state index in [-0.39, 0.29) is 12.2 Å². The third-order valence-corrected chi connectivity index (χ3v) is 3.84. The van der Waals surface area contributed by atoms with E-state index in [4.69, 9.17) is 0 Å². The van der Waals surface area contributed by atoms with Gasteiger partial charge < -0.3 is 9.80 Å². The van der Waals surface area contributed by atoms with Gasteiger partial charge in [-0.15, -0.1) is 0 Å². The zero-order chi connectivity index (χ0) is 16.5. The number of alkyl halides is 3. The quantitative estimate of drug-likeness (QED) is 0.784. The predicted molar refractivity (Wildman–Crippen MR) is 75.9 cm³/mol. The van der Waals surface area contributed by atoms with Gasteiger partial charge in [-0.25, -0.2) is 0 Å². The summed E-state index contributed by atoms with van der Waals surface area (Å²) in [5.41, 5.74) is -1.52. The molecule has 1 heterocycles. The Morgan fingerprint density at radius 3 is 2.32 bits per heavy atom. The highest BCUT2D eigenvalue weighted by atomic mass is 19.4. The molecule has 0 unspecified atom stereocenters. The smallest absolute Gasteiger partial charge is 0.303 e. The van der Waals surface area contributed by atoms with Crippen molar-refractivity contribution in [3.05, 3.63) is 29.3 Å². The minimum absolute atomic E-state index is 0.0528. The summed E-state index contributed by atoms with van der Waals surface area (Å²) in [4.78, 5) is 27.1. The molecule has 0 bridgehead atoms. The molecule has 4 nitrogen and oxygen atoms in total. The fraction of sp³-hybridized carbons (Fsp3) is 0.467. The molecule has 0 aromatic heterocycles. The van der Waals surface area contributed by atoms with Crippen LogP contribution in [-0.4, -0.2) is 42.8 Å². The van der Waals surface area contributed by atoms with Crippen molar-refractivity contribution in [2.45, 2.75) is 20.0 Å². The van der Waals surface area contributed by atoms with E-state index < -0.39 is 29.0 Å². The number of nitrogens with zero attached hydrogens (tertiary/aromatic N) is 2. The van der Waals surface area contributed by atoms with Gasteiger partial charge in [-0.1, -0.05) is 19.9 Å². The van der Waals surface area contributed by atoms with Gasteiger partial charge >= 0.3 is 6.18 Å². The number of benzene rings is 1. The van der Waals surface area contributed by atoms with E-state index in [2.05, 4.69) is 0 Å². The summed E-state index contributed by atoms with van der Waals surface area (Å²) in [7, 11) is 0. The van der Waals surface area contributed by atoms with Crippen molar-refractivity contribution in [3.63, 3.8) is 0 Å². The number of Topliss-reactive ketones (excluding diaryl/α,β-unsaturated/α-hetero) is 1. The Kier molecular flexibility index (Phi) is 4.55. The molecule has 120 valence electrons. The molecule has 22 heavy (non-hydrogen) atoms. The highest BCUT2D eigenvalue weighted by molar-refractivity contribution is 6.52. The second kappa shape index (κ2) is 6.08. The van der Waals surface area contributed by atoms with Crippen molar-refractivity contribution in [1.29, 1.82) is 0 Å². The number of anilines is 1. The lowest BCUT2D eigenvalue weighted by molar-refractivity contribution is -0.137. The number of rotatable bonds is 5. The number of carbonyl (C=O) groups excluding carboxylic acids is 2. The van der Waals surface area contributed by atoms with E-state index in [1.807, 2.05) is 18.7 Å². The Balaban J connectivity index is 2.35. The monoisotopic (exact) mass is 314 g/mol. The van der Waals surface area contributed by atoms with E-state index in [1.54, 1.807) is 0 Å². The first kappa shape index (κ1) is 16.5. The van der Waals surface area contributed by atoms with Crippen molar-refractivity contribution < 1.29 is 22.8 Å². The minimum Gasteiger partial charge on any atom is -0.303 e. The maximum atomic E-state index is 13.0. The molecule has 0 aliphatic carbocycles. The van der Waals surface area contributed by atoms with Gasteiger partial charge in [0.1, 0.15) is 0 Å². The summed E-state index contributed by atoms with van der Waals surface area (Å²) >= 11 is 0. The summed E-state index contributed by atoms with van der Waals surface area (Å²) in [5, 5.41) is 0. The number of hydrogen-bond acceptors (Lipinski definition) is 3. The molecule has 0 atom stereocenters. The zero-order valence-corrected chi connectivity index (χ0v) is 12.4. The van der Waals surface area contributed by atoms with Crippen LogP contribution in [0.4, 0.5) is 18.9 Å². The summed E-state index contributed by atoms with van der Waals surface area (Å²) < 4.78 is 39.0. The summed E-state index contributed by atoms with van der Waals surface area (Å²) in [6.07, 6.45) is -4.66. The number of halogens is 3. The van der Waals surface area contributed by atoms with Gasteiger partial charge in [0.15, 0.2) is 0 Å². The number of carbonyl (C=O) groups is 2. The molecule has 0 spiro atoms. The van der Waals surface area contributed by atoms with Gasteiger partial charge in [0.25, 0.3) is 11.7 Å². The molecule has 0 fully saturated rings. The molecule has 1 amide bonds. The number of fused-ring (bicyclic) bond motifs is 1. The van der Waals surface area contributed by atoms with E-state index in [0.717, 1.165) is 24.1 Å². The van der Waals surface area contributed by atoms with Gasteiger partial charge in [0.2, 0.25) is 0 Å². The highest BCUT2D eigenvalue weighted by Crippen LogP contribution is 2.39. The van der Waals surface area contributed by atoms with Crippen LogP contribution in [0, 0.1) is 0 Å². The van der Waals surface area contributed by atoms with E-state index >= 15 is 0 Å². The van der Waals surface area contributed by atoms with Crippen LogP contribution in [0.15, 0.2) is 18.2 Å². The summed E-state index contributed by atoms with van der Waals surface area (Å²) in [6, 6.07) is 3.44. The lowest BCUT2D eigenvalue weighted by Gasteiger charge is -2.23. The van der Waals surface area contributed by atoms with Crippen molar-refractivity contribution in [3.8, 4) is 0 Å². The van der Waals surface area contributed by atoms with Crippen LogP contribution in [0.25, 0.3) is 0 Å². The summed E-state index contributed by atoms with van der Waals surface area (Å²) in [5.74, 6) is -1.97. The third kappa shape index (κ3) is 2.85. The molecule has 1 aromatic carbocycles. The highest BCUT2D eigenvalue weighted by Gasteiger charge is 2.44. The normalized spacial score (nSPS) is 14.9. The molecule has 1 aliphatic heterocycles. The Bertz CT molecular complexity index is 595. The SMILES string of the molecule is CCN(CC)CCN1C(=O)C(=O)c2c1cccc2C(F)(F)F. The topological polar surface area (TPSA) is 40.6 Å². The van der Waals surface area contributed by atoms with E-state index in [9.17, 15) is 22.8 Å². The Morgan fingerprint density at radius 1 is 1.14 bits per heavy atom. The second-order valence-corrected chi connectivity index (χ2v) is 5.01. The standard InChI is InChI=1S/C15H17F3N2O2/c1-3-19(4-2)8-9-20-11-7-5-6-10(15(16,17)18)12(11)13(21)14(20)22/h5-7H,3-4,8-9H2,1-2H3. The molecule has 1 aromatic rings. The van der Waals surface area contributed by atoms with Crippen molar-refractivity contribution in [2.24, 2.45) is 0 Å². The number of hydrogen-bond donors (Lipinski definition) is 0. The molecule has 2 rings (SSSR count). The van der Waals surface area contributed by atoms with Gasteiger partial charge in [-0.05, 0) is 25.2 Å². The predicted octanol–water partition coefficient (Wildman–Crippen LogP) is 2.58. The largest absolute Gasteiger partial charge is 0.417 e. The Hall–Kier alpha value is -1.89. The lowest BCUT2D eigenvalue weighted by Crippen LogP contribution is -2.38. The maximum absolute atomic E-state index is 13.0. The fourth-order valence-corrected chi connectivity index (χ4v) is 2.58. The van der Waals surface area contributed by atoms with Crippen LogP contribution in [0.1, 0.15) is 29.8 Å². The third-order valence-electron chi connectivity index (χ3n) is 3.84. The molecule has 0 N–H and O–H groups in total. The van der Waals surface area contributed by atoms with Gasteiger partial charge in [0.05, 0.1) is 16.8 Å². The van der Waals surface area contributed by atoms with Crippen LogP contribution >= 0.6 is 0 Å². The lowest BCUT2D eigenvalue weighted by atomic mass is 10.0. The molecule has 0 radical (unpaired) electrons. The van der Waals surface area contributed by atoms with Crippen molar-refractivity contribution >= 4 is 17.4 Å². The number of likely N-dealkylation sites (N-methyl/N-ethyl adjacent to an activating group) is 1. The number of amides is 1. The first-order valence-corrected chi connectivity index (χ1v) is 7.10. The maximum Gasteiger partial charge on any atom is 0.417 e. The van der Waals surface area contributed by atoms with E-state index in [0.29, 0.717) is 6.54 Å². The van der Waals surface area contributed by atoms with Crippen molar-refractivity contribution in [1.82, 2.24) is 4.90 Å². The molecule has 1 aliphatic rings. The zero-order valence-electron chi connectivity index (χ0n) is 12.4. The fourth-order valence-electron chi connectivity index (χ4n) is 2.58. The van der Waals surface area contributed by atoms with Crippen molar-refractivity contribution in [2.75, 3.05) is 31.1 Å². The molecular weight excluding hydrogens is 297 g/mol.